The van der Waals surface area contributed by atoms with E-state index in [9.17, 15) is 4.79 Å². The Labute approximate surface area is 81.0 Å². The second-order valence-electron chi connectivity index (χ2n) is 3.70. The highest BCUT2D eigenvalue weighted by Crippen LogP contribution is 2.07. The molecule has 13 heavy (non-hydrogen) atoms. The number of rotatable bonds is 6. The first-order valence-corrected chi connectivity index (χ1v) is 4.86. The molecule has 0 aromatic carbocycles. The van der Waals surface area contributed by atoms with Gasteiger partial charge < -0.3 is 4.74 Å². The first-order valence-electron chi connectivity index (χ1n) is 4.86. The predicted molar refractivity (Wildman–Crippen MR) is 54.5 cm³/mol. The van der Waals surface area contributed by atoms with Crippen molar-refractivity contribution in [2.24, 2.45) is 0 Å². The van der Waals surface area contributed by atoms with Crippen molar-refractivity contribution < 1.29 is 9.53 Å². The monoisotopic (exact) mass is 184 g/mol. The molecule has 0 aliphatic carbocycles. The summed E-state index contributed by atoms with van der Waals surface area (Å²) in [6, 6.07) is 0. The zero-order valence-corrected chi connectivity index (χ0v) is 8.93. The van der Waals surface area contributed by atoms with Crippen molar-refractivity contribution in [2.75, 3.05) is 0 Å². The average Bonchev–Trinajstić information content (AvgIpc) is 1.96. The van der Waals surface area contributed by atoms with Crippen molar-refractivity contribution in [3.05, 3.63) is 12.2 Å². The fourth-order valence-corrected chi connectivity index (χ4v) is 1.02. The molecular weight excluding hydrogens is 164 g/mol. The van der Waals surface area contributed by atoms with Gasteiger partial charge in [-0.15, -0.1) is 6.58 Å². The molecule has 0 spiro atoms. The van der Waals surface area contributed by atoms with Crippen LogP contribution in [0.15, 0.2) is 12.2 Å². The molecule has 0 fully saturated rings. The maximum Gasteiger partial charge on any atom is 0.306 e. The molecule has 2 nitrogen and oxygen atoms in total. The van der Waals surface area contributed by atoms with E-state index in [4.69, 9.17) is 4.74 Å². The first-order chi connectivity index (χ1) is 6.02. The van der Waals surface area contributed by atoms with Crippen LogP contribution in [0.25, 0.3) is 0 Å². The van der Waals surface area contributed by atoms with Gasteiger partial charge in [0.05, 0.1) is 6.10 Å². The standard InChI is InChI=1S/C11H20O2/c1-9(2)7-5-6-8-11(12)13-10(3)4/h10H,1,5-8H2,2-4H3. The number of carbonyl (C=O) groups excluding carboxylic acids is 1. The minimum Gasteiger partial charge on any atom is -0.463 e. The average molecular weight is 184 g/mol. The molecule has 0 saturated carbocycles. The number of ether oxygens (including phenoxy) is 1. The van der Waals surface area contributed by atoms with Crippen molar-refractivity contribution in [1.82, 2.24) is 0 Å². The van der Waals surface area contributed by atoms with E-state index in [0.29, 0.717) is 6.42 Å². The molecule has 0 saturated heterocycles. The van der Waals surface area contributed by atoms with Gasteiger partial charge in [0.1, 0.15) is 0 Å². The van der Waals surface area contributed by atoms with Crippen LogP contribution >= 0.6 is 0 Å². The fourth-order valence-electron chi connectivity index (χ4n) is 1.02. The first kappa shape index (κ1) is 12.2. The van der Waals surface area contributed by atoms with E-state index in [0.717, 1.165) is 19.3 Å². The summed E-state index contributed by atoms with van der Waals surface area (Å²) in [5.41, 5.74) is 1.18. The number of carbonyl (C=O) groups is 1. The molecule has 0 aliphatic rings. The number of hydrogen-bond acceptors (Lipinski definition) is 2. The van der Waals surface area contributed by atoms with Crippen LogP contribution in [0.1, 0.15) is 46.5 Å². The van der Waals surface area contributed by atoms with Crippen molar-refractivity contribution in [3.63, 3.8) is 0 Å². The third kappa shape index (κ3) is 9.12. The summed E-state index contributed by atoms with van der Waals surface area (Å²) in [6.07, 6.45) is 3.48. The SMILES string of the molecule is C=C(C)CCCCC(=O)OC(C)C. The minimum absolute atomic E-state index is 0.00800. The largest absolute Gasteiger partial charge is 0.463 e. The Hall–Kier alpha value is -0.790. The Morgan fingerprint density at radius 1 is 1.31 bits per heavy atom. The summed E-state index contributed by atoms with van der Waals surface area (Å²) in [4.78, 5) is 11.1. The van der Waals surface area contributed by atoms with Crippen LogP contribution in [0.3, 0.4) is 0 Å². The van der Waals surface area contributed by atoms with Crippen LogP contribution < -0.4 is 0 Å². The molecule has 0 aliphatic heterocycles. The lowest BCUT2D eigenvalue weighted by molar-refractivity contribution is -0.147. The lowest BCUT2D eigenvalue weighted by Crippen LogP contribution is -2.10. The molecule has 0 aromatic heterocycles. The Bertz CT molecular complexity index is 171. The van der Waals surface area contributed by atoms with Crippen LogP contribution in [0.4, 0.5) is 0 Å². The van der Waals surface area contributed by atoms with Gasteiger partial charge in [-0.3, -0.25) is 4.79 Å². The van der Waals surface area contributed by atoms with Crippen LogP contribution in [0.2, 0.25) is 0 Å². The van der Waals surface area contributed by atoms with Gasteiger partial charge in [-0.2, -0.15) is 0 Å². The lowest BCUT2D eigenvalue weighted by atomic mass is 10.1. The molecule has 0 heterocycles. The second kappa shape index (κ2) is 6.70. The molecule has 0 unspecified atom stereocenters. The molecule has 0 radical (unpaired) electrons. The molecule has 0 amide bonds. The molecule has 0 N–H and O–H groups in total. The van der Waals surface area contributed by atoms with Crippen LogP contribution in [0.5, 0.6) is 0 Å². The van der Waals surface area contributed by atoms with Gasteiger partial charge in [0, 0.05) is 6.42 Å². The maximum atomic E-state index is 11.1. The van der Waals surface area contributed by atoms with E-state index in [2.05, 4.69) is 6.58 Å². The van der Waals surface area contributed by atoms with Gasteiger partial charge >= 0.3 is 5.97 Å². The van der Waals surface area contributed by atoms with Crippen molar-refractivity contribution >= 4 is 5.97 Å². The van der Waals surface area contributed by atoms with E-state index in [1.54, 1.807) is 0 Å². The van der Waals surface area contributed by atoms with E-state index >= 15 is 0 Å². The predicted octanol–water partition coefficient (Wildman–Crippen LogP) is 3.07. The summed E-state index contributed by atoms with van der Waals surface area (Å²) in [5, 5.41) is 0. The molecule has 76 valence electrons. The third-order valence-corrected chi connectivity index (χ3v) is 1.60. The summed E-state index contributed by atoms with van der Waals surface area (Å²) in [6.45, 7) is 9.54. The van der Waals surface area contributed by atoms with Gasteiger partial charge in [-0.1, -0.05) is 5.57 Å². The zero-order chi connectivity index (χ0) is 10.3. The summed E-state index contributed by atoms with van der Waals surface area (Å²) >= 11 is 0. The van der Waals surface area contributed by atoms with Gasteiger partial charge in [-0.25, -0.2) is 0 Å². The van der Waals surface area contributed by atoms with Crippen molar-refractivity contribution in [3.8, 4) is 0 Å². The van der Waals surface area contributed by atoms with E-state index in [1.165, 1.54) is 5.57 Å². The molecule has 0 atom stereocenters. The highest BCUT2D eigenvalue weighted by Gasteiger charge is 2.04. The Morgan fingerprint density at radius 2 is 1.85 bits per heavy atom. The number of allylic oxidation sites excluding steroid dienone is 1. The molecular formula is C11H20O2. The summed E-state index contributed by atoms with van der Waals surface area (Å²) < 4.78 is 5.00. The maximum absolute atomic E-state index is 11.1. The van der Waals surface area contributed by atoms with Crippen LogP contribution in [0, 0.1) is 0 Å². The highest BCUT2D eigenvalue weighted by atomic mass is 16.5. The smallest absolute Gasteiger partial charge is 0.306 e. The van der Waals surface area contributed by atoms with Gasteiger partial charge in [-0.05, 0) is 40.0 Å². The summed E-state index contributed by atoms with van der Waals surface area (Å²) in [5.74, 6) is -0.0864. The van der Waals surface area contributed by atoms with Crippen LogP contribution in [-0.2, 0) is 9.53 Å². The molecule has 0 rings (SSSR count). The Balaban J connectivity index is 3.32. The van der Waals surface area contributed by atoms with E-state index in [-0.39, 0.29) is 12.1 Å². The number of esters is 1. The molecule has 0 aromatic rings. The molecule has 0 bridgehead atoms. The number of unbranched alkanes of at least 4 members (excludes halogenated alkanes) is 1. The van der Waals surface area contributed by atoms with Crippen molar-refractivity contribution in [1.29, 1.82) is 0 Å². The third-order valence-electron chi connectivity index (χ3n) is 1.60. The Kier molecular flexibility index (Phi) is 6.29. The topological polar surface area (TPSA) is 26.3 Å². The number of hydrogen-bond donors (Lipinski definition) is 0. The summed E-state index contributed by atoms with van der Waals surface area (Å²) in [7, 11) is 0. The second-order valence-corrected chi connectivity index (χ2v) is 3.70. The van der Waals surface area contributed by atoms with Gasteiger partial charge in [0.15, 0.2) is 0 Å². The fraction of sp³-hybridized carbons (Fsp3) is 0.727. The molecule has 2 heteroatoms. The van der Waals surface area contributed by atoms with Gasteiger partial charge in [0.25, 0.3) is 0 Å². The Morgan fingerprint density at radius 3 is 2.31 bits per heavy atom. The minimum atomic E-state index is -0.0864. The highest BCUT2D eigenvalue weighted by molar-refractivity contribution is 5.69. The lowest BCUT2D eigenvalue weighted by Gasteiger charge is -2.07. The zero-order valence-electron chi connectivity index (χ0n) is 8.93. The normalized spacial score (nSPS) is 10.2. The van der Waals surface area contributed by atoms with Gasteiger partial charge in [0.2, 0.25) is 0 Å². The quantitative estimate of drug-likeness (QED) is 0.360. The van der Waals surface area contributed by atoms with Crippen molar-refractivity contribution in [2.45, 2.75) is 52.6 Å². The van der Waals surface area contributed by atoms with Crippen LogP contribution in [-0.4, -0.2) is 12.1 Å². The van der Waals surface area contributed by atoms with E-state index in [1.807, 2.05) is 20.8 Å². The van der Waals surface area contributed by atoms with E-state index < -0.39 is 0 Å².